The van der Waals surface area contributed by atoms with Gasteiger partial charge in [0.15, 0.2) is 0 Å². The van der Waals surface area contributed by atoms with Crippen molar-refractivity contribution in [3.05, 3.63) is 35.9 Å². The zero-order chi connectivity index (χ0) is 11.4. The third-order valence-corrected chi connectivity index (χ3v) is 2.19. The van der Waals surface area contributed by atoms with Crippen molar-refractivity contribution in [2.75, 3.05) is 14.2 Å². The first kappa shape index (κ1) is 11.3. The van der Waals surface area contributed by atoms with Gasteiger partial charge < -0.3 is 9.47 Å². The van der Waals surface area contributed by atoms with Crippen LogP contribution in [0.15, 0.2) is 24.8 Å². The van der Waals surface area contributed by atoms with Crippen molar-refractivity contribution in [3.8, 4) is 5.75 Å². The normalized spacial score (nSPS) is 9.53. The summed E-state index contributed by atoms with van der Waals surface area (Å²) in [5, 5.41) is 0. The number of methoxy groups -OCH3 is 2. The lowest BCUT2D eigenvalue weighted by Gasteiger charge is -2.08. The standard InChI is InChI=1S/C12H14O3/c1-8-5-6-10(7-11(8)14-3)9(2)12(13)15-4/h5-7H,2H2,1,3-4H3. The van der Waals surface area contributed by atoms with Gasteiger partial charge in [-0.2, -0.15) is 0 Å². The van der Waals surface area contributed by atoms with Gasteiger partial charge in [-0.1, -0.05) is 18.7 Å². The highest BCUT2D eigenvalue weighted by molar-refractivity contribution is 6.15. The maximum Gasteiger partial charge on any atom is 0.337 e. The highest BCUT2D eigenvalue weighted by Crippen LogP contribution is 2.23. The van der Waals surface area contributed by atoms with Gasteiger partial charge in [-0.3, -0.25) is 0 Å². The van der Waals surface area contributed by atoms with Crippen molar-refractivity contribution < 1.29 is 14.3 Å². The summed E-state index contributed by atoms with van der Waals surface area (Å²) in [6.07, 6.45) is 0. The van der Waals surface area contributed by atoms with E-state index in [-0.39, 0.29) is 0 Å². The molecule has 0 unspecified atom stereocenters. The highest BCUT2D eigenvalue weighted by Gasteiger charge is 2.10. The van der Waals surface area contributed by atoms with Crippen molar-refractivity contribution in [1.82, 2.24) is 0 Å². The van der Waals surface area contributed by atoms with Crippen LogP contribution in [-0.4, -0.2) is 20.2 Å². The summed E-state index contributed by atoms with van der Waals surface area (Å²) in [5.41, 5.74) is 2.05. The molecule has 1 aromatic rings. The molecule has 0 aliphatic carbocycles. The van der Waals surface area contributed by atoms with Gasteiger partial charge in [0.05, 0.1) is 19.8 Å². The average Bonchev–Trinajstić information content (AvgIpc) is 2.27. The van der Waals surface area contributed by atoms with Gasteiger partial charge in [-0.15, -0.1) is 0 Å². The minimum atomic E-state index is -0.430. The Morgan fingerprint density at radius 3 is 2.53 bits per heavy atom. The number of rotatable bonds is 3. The second kappa shape index (κ2) is 4.64. The van der Waals surface area contributed by atoms with Crippen LogP contribution in [-0.2, 0) is 9.53 Å². The van der Waals surface area contributed by atoms with Gasteiger partial charge in [0.1, 0.15) is 5.75 Å². The number of carbonyl (C=O) groups is 1. The number of hydrogen-bond donors (Lipinski definition) is 0. The Morgan fingerprint density at radius 2 is 2.00 bits per heavy atom. The molecular weight excluding hydrogens is 192 g/mol. The van der Waals surface area contributed by atoms with E-state index in [0.29, 0.717) is 11.1 Å². The van der Waals surface area contributed by atoms with Crippen molar-refractivity contribution in [2.24, 2.45) is 0 Å². The largest absolute Gasteiger partial charge is 0.496 e. The summed E-state index contributed by atoms with van der Waals surface area (Å²) < 4.78 is 9.75. The maximum absolute atomic E-state index is 11.2. The van der Waals surface area contributed by atoms with Crippen molar-refractivity contribution in [2.45, 2.75) is 6.92 Å². The van der Waals surface area contributed by atoms with E-state index in [9.17, 15) is 4.79 Å². The van der Waals surface area contributed by atoms with Gasteiger partial charge in [0, 0.05) is 0 Å². The van der Waals surface area contributed by atoms with Crippen molar-refractivity contribution in [3.63, 3.8) is 0 Å². The maximum atomic E-state index is 11.2. The Kier molecular flexibility index (Phi) is 3.50. The second-order valence-corrected chi connectivity index (χ2v) is 3.15. The molecule has 3 heteroatoms. The molecule has 1 aromatic carbocycles. The predicted octanol–water partition coefficient (Wildman–Crippen LogP) is 2.19. The molecular formula is C12H14O3. The lowest BCUT2D eigenvalue weighted by molar-refractivity contribution is -0.133. The Labute approximate surface area is 89.3 Å². The van der Waals surface area contributed by atoms with E-state index in [1.54, 1.807) is 13.2 Å². The first-order chi connectivity index (χ1) is 7.10. The molecule has 0 atom stereocenters. The van der Waals surface area contributed by atoms with E-state index in [1.165, 1.54) is 7.11 Å². The van der Waals surface area contributed by atoms with Crippen LogP contribution in [0.25, 0.3) is 5.57 Å². The topological polar surface area (TPSA) is 35.5 Å². The van der Waals surface area contributed by atoms with E-state index in [2.05, 4.69) is 11.3 Å². The molecule has 0 saturated heterocycles. The van der Waals surface area contributed by atoms with Crippen molar-refractivity contribution >= 4 is 11.5 Å². The van der Waals surface area contributed by atoms with Gasteiger partial charge in [0.2, 0.25) is 0 Å². The summed E-state index contributed by atoms with van der Waals surface area (Å²) in [5.74, 6) is 0.304. The molecule has 0 aromatic heterocycles. The van der Waals surface area contributed by atoms with E-state index in [1.807, 2.05) is 19.1 Å². The Hall–Kier alpha value is -1.77. The second-order valence-electron chi connectivity index (χ2n) is 3.15. The molecule has 0 aliphatic rings. The molecule has 0 spiro atoms. The summed E-state index contributed by atoms with van der Waals surface area (Å²) in [7, 11) is 2.92. The van der Waals surface area contributed by atoms with E-state index in [4.69, 9.17) is 4.74 Å². The number of aryl methyl sites for hydroxylation is 1. The molecule has 80 valence electrons. The van der Waals surface area contributed by atoms with Crippen LogP contribution in [0.2, 0.25) is 0 Å². The molecule has 0 N–H and O–H groups in total. The summed E-state index contributed by atoms with van der Waals surface area (Å²) in [4.78, 5) is 11.2. The molecule has 0 saturated carbocycles. The smallest absolute Gasteiger partial charge is 0.337 e. The molecule has 0 fully saturated rings. The lowest BCUT2D eigenvalue weighted by atomic mass is 10.1. The van der Waals surface area contributed by atoms with Crippen LogP contribution in [0.3, 0.4) is 0 Å². The zero-order valence-electron chi connectivity index (χ0n) is 9.16. The van der Waals surface area contributed by atoms with Crippen LogP contribution in [0, 0.1) is 6.92 Å². The number of esters is 1. The average molecular weight is 206 g/mol. The monoisotopic (exact) mass is 206 g/mol. The van der Waals surface area contributed by atoms with Crippen LogP contribution in [0.4, 0.5) is 0 Å². The van der Waals surface area contributed by atoms with Crippen LogP contribution in [0.5, 0.6) is 5.75 Å². The fourth-order valence-corrected chi connectivity index (χ4v) is 1.25. The van der Waals surface area contributed by atoms with E-state index >= 15 is 0 Å². The molecule has 0 radical (unpaired) electrons. The molecule has 0 bridgehead atoms. The summed E-state index contributed by atoms with van der Waals surface area (Å²) in [6.45, 7) is 5.60. The highest BCUT2D eigenvalue weighted by atomic mass is 16.5. The quantitative estimate of drug-likeness (QED) is 0.561. The molecule has 0 aliphatic heterocycles. The number of carbonyl (C=O) groups excluding carboxylic acids is 1. The first-order valence-electron chi connectivity index (χ1n) is 4.52. The van der Waals surface area contributed by atoms with Crippen molar-refractivity contribution in [1.29, 1.82) is 0 Å². The van der Waals surface area contributed by atoms with E-state index < -0.39 is 5.97 Å². The fourth-order valence-electron chi connectivity index (χ4n) is 1.25. The SMILES string of the molecule is C=C(C(=O)OC)c1ccc(C)c(OC)c1. The number of benzene rings is 1. The van der Waals surface area contributed by atoms with Crippen LogP contribution >= 0.6 is 0 Å². The lowest BCUT2D eigenvalue weighted by Crippen LogP contribution is -2.03. The predicted molar refractivity (Wildman–Crippen MR) is 58.8 cm³/mol. The first-order valence-corrected chi connectivity index (χ1v) is 4.52. The van der Waals surface area contributed by atoms with Crippen LogP contribution in [0.1, 0.15) is 11.1 Å². The third-order valence-electron chi connectivity index (χ3n) is 2.19. The van der Waals surface area contributed by atoms with Crippen LogP contribution < -0.4 is 4.74 Å². The minimum absolute atomic E-state index is 0.329. The number of hydrogen-bond acceptors (Lipinski definition) is 3. The van der Waals surface area contributed by atoms with Gasteiger partial charge in [-0.25, -0.2) is 4.79 Å². The van der Waals surface area contributed by atoms with Gasteiger partial charge in [-0.05, 0) is 24.1 Å². The van der Waals surface area contributed by atoms with E-state index in [0.717, 1.165) is 11.3 Å². The number of ether oxygens (including phenoxy) is 2. The summed E-state index contributed by atoms with van der Waals surface area (Å²) in [6, 6.07) is 5.47. The molecule has 15 heavy (non-hydrogen) atoms. The Balaban J connectivity index is 3.06. The van der Waals surface area contributed by atoms with Gasteiger partial charge in [0.25, 0.3) is 0 Å². The molecule has 3 nitrogen and oxygen atoms in total. The third kappa shape index (κ3) is 2.37. The molecule has 0 amide bonds. The Morgan fingerprint density at radius 1 is 1.33 bits per heavy atom. The molecule has 0 heterocycles. The fraction of sp³-hybridized carbons (Fsp3) is 0.250. The minimum Gasteiger partial charge on any atom is -0.496 e. The van der Waals surface area contributed by atoms with Gasteiger partial charge >= 0.3 is 5.97 Å². The Bertz CT molecular complexity index is 394. The molecule has 1 rings (SSSR count). The zero-order valence-corrected chi connectivity index (χ0v) is 9.16. The summed E-state index contributed by atoms with van der Waals surface area (Å²) >= 11 is 0.